The number of benzene rings is 2. The Balaban J connectivity index is 1.20. The van der Waals surface area contributed by atoms with Crippen molar-refractivity contribution in [2.45, 2.75) is 101 Å². The van der Waals surface area contributed by atoms with Crippen LogP contribution in [0.15, 0.2) is 54.7 Å². The Kier molecular flexibility index (Phi) is 9.63. The fourth-order valence-electron chi connectivity index (χ4n) is 9.32. The summed E-state index contributed by atoms with van der Waals surface area (Å²) >= 11 is 6.22. The molecule has 3 aliphatic carbocycles. The van der Waals surface area contributed by atoms with E-state index in [1.165, 1.54) is 41.0 Å². The molecule has 7 nitrogen and oxygen atoms in total. The molecule has 2 aromatic carbocycles. The first-order valence-corrected chi connectivity index (χ1v) is 18.3. The number of methoxy groups -OCH3 is 1. The summed E-state index contributed by atoms with van der Waals surface area (Å²) in [5.41, 5.74) is 3.37. The standard InChI is InChI=1S/C40H44ClF3N2O5/c1-24(22-50-33-12-17-45-32-9-4-6-25(2)35(32)33)18-28-19-26-10-11-27(34-23-51-34)20-31(26)38(28)13-15-39(16-14-38,37(48)49-3)46(36(47)40(42,43)44)30-8-5-7-29(41)21-30/h5,7-8,10-12,17,20-21,24-25,28,34H,4,6,9,13-16,18-19,22-23H2,1-3H3/t24-,25-,28+,34?,38?,39?/m1/s1. The van der Waals surface area contributed by atoms with Crippen LogP contribution in [-0.4, -0.2) is 48.9 Å². The summed E-state index contributed by atoms with van der Waals surface area (Å²) in [7, 11) is 1.15. The Hall–Kier alpha value is -3.63. The van der Waals surface area contributed by atoms with Gasteiger partial charge in [0.25, 0.3) is 0 Å². The van der Waals surface area contributed by atoms with Crippen molar-refractivity contribution in [3.63, 3.8) is 0 Å². The molecule has 0 N–H and O–H groups in total. The summed E-state index contributed by atoms with van der Waals surface area (Å²) in [6, 6.07) is 14.1. The molecule has 1 saturated heterocycles. The Morgan fingerprint density at radius 1 is 1.12 bits per heavy atom. The lowest BCUT2D eigenvalue weighted by Gasteiger charge is -2.51. The van der Waals surface area contributed by atoms with Gasteiger partial charge in [-0.2, -0.15) is 13.2 Å². The number of carbonyl (C=O) groups excluding carboxylic acids is 2. The number of epoxide rings is 1. The fourth-order valence-corrected chi connectivity index (χ4v) is 9.50. The van der Waals surface area contributed by atoms with E-state index >= 15 is 0 Å². The van der Waals surface area contributed by atoms with Crippen molar-refractivity contribution in [2.24, 2.45) is 11.8 Å². The lowest BCUT2D eigenvalue weighted by atomic mass is 9.59. The second-order valence-corrected chi connectivity index (χ2v) is 15.5. The van der Waals surface area contributed by atoms with Crippen LogP contribution >= 0.6 is 11.6 Å². The monoisotopic (exact) mass is 724 g/mol. The first kappa shape index (κ1) is 35.8. The van der Waals surface area contributed by atoms with E-state index in [2.05, 4.69) is 37.0 Å². The summed E-state index contributed by atoms with van der Waals surface area (Å²) in [6.45, 7) is 5.58. The smallest absolute Gasteiger partial charge is 0.471 e. The molecule has 1 saturated carbocycles. The third-order valence-corrected chi connectivity index (χ3v) is 12.1. The van der Waals surface area contributed by atoms with Crippen LogP contribution in [0, 0.1) is 11.8 Å². The van der Waals surface area contributed by atoms with Gasteiger partial charge in [0.1, 0.15) is 17.4 Å². The number of nitrogens with zero attached hydrogens (tertiary/aromatic N) is 2. The molecule has 4 atom stereocenters. The van der Waals surface area contributed by atoms with E-state index in [1.807, 2.05) is 12.3 Å². The number of rotatable bonds is 9. The molecular formula is C40H44ClF3N2O5. The van der Waals surface area contributed by atoms with Crippen molar-refractivity contribution in [1.29, 1.82) is 0 Å². The number of amides is 1. The highest BCUT2D eigenvalue weighted by Crippen LogP contribution is 2.58. The number of carbonyl (C=O) groups is 2. The number of halogens is 4. The first-order valence-electron chi connectivity index (χ1n) is 18.0. The minimum atomic E-state index is -5.23. The highest BCUT2D eigenvalue weighted by atomic mass is 35.5. The van der Waals surface area contributed by atoms with Crippen molar-refractivity contribution < 1.29 is 37.0 Å². The second kappa shape index (κ2) is 13.7. The van der Waals surface area contributed by atoms with Crippen LogP contribution in [0.4, 0.5) is 18.9 Å². The van der Waals surface area contributed by atoms with Gasteiger partial charge in [-0.1, -0.05) is 49.7 Å². The van der Waals surface area contributed by atoms with Crippen LogP contribution in [0.25, 0.3) is 0 Å². The second-order valence-electron chi connectivity index (χ2n) is 15.1. The van der Waals surface area contributed by atoms with Crippen LogP contribution in [0.1, 0.15) is 98.8 Å². The third kappa shape index (κ3) is 6.63. The molecular weight excluding hydrogens is 681 g/mol. The van der Waals surface area contributed by atoms with E-state index in [0.717, 1.165) is 56.2 Å². The predicted octanol–water partition coefficient (Wildman–Crippen LogP) is 8.84. The van der Waals surface area contributed by atoms with Crippen LogP contribution in [0.5, 0.6) is 5.75 Å². The molecule has 1 aliphatic heterocycles. The molecule has 7 rings (SSSR count). The van der Waals surface area contributed by atoms with Crippen molar-refractivity contribution in [3.8, 4) is 5.75 Å². The van der Waals surface area contributed by atoms with Gasteiger partial charge >= 0.3 is 18.1 Å². The van der Waals surface area contributed by atoms with E-state index < -0.39 is 29.0 Å². The summed E-state index contributed by atoms with van der Waals surface area (Å²) in [5.74, 6) is -1.41. The molecule has 51 heavy (non-hydrogen) atoms. The van der Waals surface area contributed by atoms with E-state index in [1.54, 1.807) is 0 Å². The van der Waals surface area contributed by atoms with E-state index in [4.69, 9.17) is 25.8 Å². The largest absolute Gasteiger partial charge is 0.493 e. The number of aryl methyl sites for hydroxylation is 1. The van der Waals surface area contributed by atoms with Gasteiger partial charge in [-0.3, -0.25) is 14.7 Å². The number of ether oxygens (including phenoxy) is 3. The molecule has 1 unspecified atom stereocenters. The molecule has 1 aromatic heterocycles. The van der Waals surface area contributed by atoms with Gasteiger partial charge in [0.05, 0.1) is 20.3 Å². The van der Waals surface area contributed by atoms with Gasteiger partial charge in [0.15, 0.2) is 0 Å². The van der Waals surface area contributed by atoms with Gasteiger partial charge in [-0.05, 0) is 122 Å². The number of pyridine rings is 1. The molecule has 0 bridgehead atoms. The topological polar surface area (TPSA) is 81.3 Å². The summed E-state index contributed by atoms with van der Waals surface area (Å²) in [5, 5.41) is 0.150. The lowest BCUT2D eigenvalue weighted by Crippen LogP contribution is -2.63. The number of hydrogen-bond donors (Lipinski definition) is 0. The lowest BCUT2D eigenvalue weighted by molar-refractivity contribution is -0.174. The zero-order valence-electron chi connectivity index (χ0n) is 29.2. The number of esters is 1. The SMILES string of the molecule is COC(=O)C1(N(C(=O)C(F)(F)F)c2cccc(Cl)c2)CCC2(CC1)c1cc(C3CO3)ccc1C[C@@H]2C[C@@H](C)COc1ccnc2c1[C@H](C)CCC2. The van der Waals surface area contributed by atoms with Crippen molar-refractivity contribution >= 4 is 29.2 Å². The molecule has 1 spiro atoms. The summed E-state index contributed by atoms with van der Waals surface area (Å²) < 4.78 is 60.3. The molecule has 2 heterocycles. The predicted molar refractivity (Wildman–Crippen MR) is 187 cm³/mol. The molecule has 11 heteroatoms. The molecule has 3 aromatic rings. The van der Waals surface area contributed by atoms with Crippen molar-refractivity contribution in [1.82, 2.24) is 4.98 Å². The van der Waals surface area contributed by atoms with Gasteiger partial charge in [0, 0.05) is 28.2 Å². The molecule has 0 radical (unpaired) electrons. The first-order chi connectivity index (χ1) is 24.4. The maximum Gasteiger partial charge on any atom is 0.471 e. The fraction of sp³-hybridized carbons (Fsp3) is 0.525. The highest BCUT2D eigenvalue weighted by molar-refractivity contribution is 6.31. The van der Waals surface area contributed by atoms with Gasteiger partial charge in [-0.15, -0.1) is 0 Å². The Morgan fingerprint density at radius 3 is 2.57 bits per heavy atom. The third-order valence-electron chi connectivity index (χ3n) is 11.9. The Labute approximate surface area is 301 Å². The number of fused-ring (bicyclic) bond motifs is 3. The van der Waals surface area contributed by atoms with E-state index in [-0.39, 0.29) is 41.5 Å². The highest BCUT2D eigenvalue weighted by Gasteiger charge is 2.60. The Morgan fingerprint density at radius 2 is 1.88 bits per heavy atom. The number of anilines is 1. The zero-order valence-corrected chi connectivity index (χ0v) is 30.0. The molecule has 1 amide bonds. The average molecular weight is 725 g/mol. The maximum absolute atomic E-state index is 14.3. The van der Waals surface area contributed by atoms with Gasteiger partial charge < -0.3 is 14.2 Å². The van der Waals surface area contributed by atoms with Crippen molar-refractivity contribution in [2.75, 3.05) is 25.2 Å². The van der Waals surface area contributed by atoms with Crippen LogP contribution in [0.3, 0.4) is 0 Å². The zero-order chi connectivity index (χ0) is 36.1. The average Bonchev–Trinajstić information content (AvgIpc) is 3.92. The van der Waals surface area contributed by atoms with Crippen molar-refractivity contribution in [3.05, 3.63) is 87.7 Å². The van der Waals surface area contributed by atoms with Crippen LogP contribution in [0.2, 0.25) is 5.02 Å². The molecule has 4 aliphatic rings. The van der Waals surface area contributed by atoms with E-state index in [0.29, 0.717) is 36.9 Å². The van der Waals surface area contributed by atoms with Crippen LogP contribution < -0.4 is 9.64 Å². The minimum Gasteiger partial charge on any atom is -0.493 e. The van der Waals surface area contributed by atoms with Gasteiger partial charge in [-0.25, -0.2) is 4.79 Å². The molecule has 2 fully saturated rings. The normalized spacial score (nSPS) is 27.3. The Bertz CT molecular complexity index is 1800. The summed E-state index contributed by atoms with van der Waals surface area (Å²) in [4.78, 5) is 32.3. The van der Waals surface area contributed by atoms with Gasteiger partial charge in [0.2, 0.25) is 0 Å². The van der Waals surface area contributed by atoms with E-state index in [9.17, 15) is 22.8 Å². The molecule has 272 valence electrons. The number of hydrogen-bond acceptors (Lipinski definition) is 6. The quantitative estimate of drug-likeness (QED) is 0.162. The number of aromatic nitrogens is 1. The summed E-state index contributed by atoms with van der Waals surface area (Å²) in [6.07, 6.45) is 2.19. The number of alkyl halides is 3. The maximum atomic E-state index is 14.3. The minimum absolute atomic E-state index is 0.0139. The van der Waals surface area contributed by atoms with Crippen LogP contribution in [-0.2, 0) is 37.3 Å².